The lowest BCUT2D eigenvalue weighted by Crippen LogP contribution is -2.28. The molecule has 1 fully saturated rings. The Bertz CT molecular complexity index is 802. The van der Waals surface area contributed by atoms with Crippen molar-refractivity contribution in [2.45, 2.75) is 17.2 Å². The summed E-state index contributed by atoms with van der Waals surface area (Å²) in [4.78, 5) is 0.275. The molecule has 0 amide bonds. The van der Waals surface area contributed by atoms with Crippen molar-refractivity contribution in [3.63, 3.8) is 0 Å². The molecule has 2 aromatic rings. The number of hydrogen-bond donors (Lipinski definition) is 0. The molecule has 0 aliphatic carbocycles. The van der Waals surface area contributed by atoms with Gasteiger partial charge in [-0.15, -0.1) is 0 Å². The smallest absolute Gasteiger partial charge is 0.243 e. The molecule has 6 heteroatoms. The molecule has 5 nitrogen and oxygen atoms in total. The minimum atomic E-state index is -3.50. The van der Waals surface area contributed by atoms with Gasteiger partial charge in [-0.2, -0.15) is 4.31 Å². The highest BCUT2D eigenvalue weighted by Crippen LogP contribution is 2.32. The number of rotatable bonds is 5. The molecule has 1 atom stereocenters. The van der Waals surface area contributed by atoms with Gasteiger partial charge >= 0.3 is 0 Å². The van der Waals surface area contributed by atoms with E-state index in [0.29, 0.717) is 18.8 Å². The SMILES string of the molecule is COc1ccc(C2CCN(S(=O)(=O)c3cccc(OC)c3)C2)cc1. The molecule has 0 bridgehead atoms. The number of methoxy groups -OCH3 is 2. The highest BCUT2D eigenvalue weighted by atomic mass is 32.2. The summed E-state index contributed by atoms with van der Waals surface area (Å²) in [7, 11) is -0.335. The average Bonchev–Trinajstić information content (AvgIpc) is 3.13. The number of ether oxygens (including phenoxy) is 2. The molecule has 0 spiro atoms. The van der Waals surface area contributed by atoms with Crippen molar-refractivity contribution in [2.24, 2.45) is 0 Å². The summed E-state index contributed by atoms with van der Waals surface area (Å²) in [5, 5.41) is 0. The van der Waals surface area contributed by atoms with E-state index in [1.165, 1.54) is 7.11 Å². The van der Waals surface area contributed by atoms with Gasteiger partial charge in [0.25, 0.3) is 0 Å². The molecule has 1 saturated heterocycles. The van der Waals surface area contributed by atoms with Crippen LogP contribution in [0.15, 0.2) is 53.4 Å². The van der Waals surface area contributed by atoms with Crippen molar-refractivity contribution in [1.29, 1.82) is 0 Å². The lowest BCUT2D eigenvalue weighted by atomic mass is 9.99. The second-order valence-electron chi connectivity index (χ2n) is 5.80. The molecule has 0 N–H and O–H groups in total. The van der Waals surface area contributed by atoms with E-state index in [1.807, 2.05) is 24.3 Å². The minimum absolute atomic E-state index is 0.205. The van der Waals surface area contributed by atoms with Crippen LogP contribution in [-0.2, 0) is 10.0 Å². The summed E-state index contributed by atoms with van der Waals surface area (Å²) < 4.78 is 37.5. The molecule has 1 aliphatic rings. The molecule has 128 valence electrons. The Morgan fingerprint density at radius 3 is 2.38 bits per heavy atom. The van der Waals surface area contributed by atoms with Gasteiger partial charge in [-0.05, 0) is 42.2 Å². The van der Waals surface area contributed by atoms with Gasteiger partial charge in [0.2, 0.25) is 10.0 Å². The standard InChI is InChI=1S/C18H21NO4S/c1-22-16-8-6-14(7-9-16)15-10-11-19(13-15)24(20,21)18-5-3-4-17(12-18)23-2/h3-9,12,15H,10-11,13H2,1-2H3. The first-order valence-corrected chi connectivity index (χ1v) is 9.27. The summed E-state index contributed by atoms with van der Waals surface area (Å²) in [5.41, 5.74) is 1.14. The normalized spacial score (nSPS) is 18.5. The molecule has 3 rings (SSSR count). The van der Waals surface area contributed by atoms with Crippen molar-refractivity contribution in [3.05, 3.63) is 54.1 Å². The quantitative estimate of drug-likeness (QED) is 0.834. The van der Waals surface area contributed by atoms with Gasteiger partial charge in [-0.1, -0.05) is 18.2 Å². The van der Waals surface area contributed by atoms with Crippen LogP contribution in [0.2, 0.25) is 0 Å². The molecule has 1 heterocycles. The first-order valence-electron chi connectivity index (χ1n) is 7.83. The highest BCUT2D eigenvalue weighted by Gasteiger charge is 2.33. The van der Waals surface area contributed by atoms with E-state index >= 15 is 0 Å². The first-order chi connectivity index (χ1) is 11.5. The molecule has 24 heavy (non-hydrogen) atoms. The second-order valence-corrected chi connectivity index (χ2v) is 7.74. The largest absolute Gasteiger partial charge is 0.497 e. The Kier molecular flexibility index (Phi) is 4.78. The van der Waals surface area contributed by atoms with Gasteiger partial charge in [0.05, 0.1) is 19.1 Å². The first kappa shape index (κ1) is 16.8. The van der Waals surface area contributed by atoms with E-state index in [2.05, 4.69) is 0 Å². The van der Waals surface area contributed by atoms with Crippen molar-refractivity contribution >= 4 is 10.0 Å². The van der Waals surface area contributed by atoms with E-state index in [-0.39, 0.29) is 10.8 Å². The lowest BCUT2D eigenvalue weighted by molar-refractivity contribution is 0.412. The van der Waals surface area contributed by atoms with E-state index < -0.39 is 10.0 Å². The van der Waals surface area contributed by atoms with E-state index in [4.69, 9.17) is 9.47 Å². The number of benzene rings is 2. The Balaban J connectivity index is 1.78. The van der Waals surface area contributed by atoms with Crippen molar-refractivity contribution in [1.82, 2.24) is 4.31 Å². The van der Waals surface area contributed by atoms with Crippen molar-refractivity contribution in [3.8, 4) is 11.5 Å². The number of nitrogens with zero attached hydrogens (tertiary/aromatic N) is 1. The van der Waals surface area contributed by atoms with Gasteiger partial charge in [0.15, 0.2) is 0 Å². The van der Waals surface area contributed by atoms with E-state index in [9.17, 15) is 8.42 Å². The van der Waals surface area contributed by atoms with Gasteiger partial charge < -0.3 is 9.47 Å². The highest BCUT2D eigenvalue weighted by molar-refractivity contribution is 7.89. The Hall–Kier alpha value is -2.05. The van der Waals surface area contributed by atoms with Crippen LogP contribution in [0, 0.1) is 0 Å². The lowest BCUT2D eigenvalue weighted by Gasteiger charge is -2.17. The summed E-state index contributed by atoms with van der Waals surface area (Å²) in [6, 6.07) is 14.4. The average molecular weight is 347 g/mol. The molecule has 2 aromatic carbocycles. The molecule has 1 aliphatic heterocycles. The molecule has 0 radical (unpaired) electrons. The monoisotopic (exact) mass is 347 g/mol. The molecular formula is C18H21NO4S. The van der Waals surface area contributed by atoms with Crippen LogP contribution in [0.5, 0.6) is 11.5 Å². The van der Waals surface area contributed by atoms with E-state index in [1.54, 1.807) is 35.7 Å². The van der Waals surface area contributed by atoms with Gasteiger partial charge in [0.1, 0.15) is 11.5 Å². The van der Waals surface area contributed by atoms with Crippen LogP contribution in [0.1, 0.15) is 17.9 Å². The zero-order valence-corrected chi connectivity index (χ0v) is 14.6. The maximum Gasteiger partial charge on any atom is 0.243 e. The fourth-order valence-corrected chi connectivity index (χ4v) is 4.54. The van der Waals surface area contributed by atoms with Crippen LogP contribution in [0.4, 0.5) is 0 Å². The van der Waals surface area contributed by atoms with Crippen LogP contribution >= 0.6 is 0 Å². The molecule has 1 unspecified atom stereocenters. The van der Waals surface area contributed by atoms with Crippen LogP contribution in [0.25, 0.3) is 0 Å². The molecular weight excluding hydrogens is 326 g/mol. The van der Waals surface area contributed by atoms with Crippen LogP contribution in [-0.4, -0.2) is 40.0 Å². The molecule has 0 saturated carbocycles. The fourth-order valence-electron chi connectivity index (χ4n) is 3.01. The predicted molar refractivity (Wildman–Crippen MR) is 92.1 cm³/mol. The maximum atomic E-state index is 12.8. The number of hydrogen-bond acceptors (Lipinski definition) is 4. The Morgan fingerprint density at radius 1 is 1.00 bits per heavy atom. The predicted octanol–water partition coefficient (Wildman–Crippen LogP) is 2.88. The fraction of sp³-hybridized carbons (Fsp3) is 0.333. The zero-order chi connectivity index (χ0) is 17.2. The minimum Gasteiger partial charge on any atom is -0.497 e. The van der Waals surface area contributed by atoms with Crippen molar-refractivity contribution < 1.29 is 17.9 Å². The Morgan fingerprint density at radius 2 is 1.71 bits per heavy atom. The third-order valence-corrected chi connectivity index (χ3v) is 6.28. The van der Waals surface area contributed by atoms with Crippen molar-refractivity contribution in [2.75, 3.05) is 27.3 Å². The topological polar surface area (TPSA) is 55.8 Å². The van der Waals surface area contributed by atoms with Crippen LogP contribution in [0.3, 0.4) is 0 Å². The van der Waals surface area contributed by atoms with Gasteiger partial charge in [-0.3, -0.25) is 0 Å². The maximum absolute atomic E-state index is 12.8. The van der Waals surface area contributed by atoms with Crippen LogP contribution < -0.4 is 9.47 Å². The molecule has 0 aromatic heterocycles. The Labute approximate surface area is 142 Å². The third kappa shape index (κ3) is 3.25. The van der Waals surface area contributed by atoms with Gasteiger partial charge in [-0.25, -0.2) is 8.42 Å². The summed E-state index contributed by atoms with van der Waals surface area (Å²) in [6.45, 7) is 1.02. The second kappa shape index (κ2) is 6.83. The summed E-state index contributed by atoms with van der Waals surface area (Å²) in [6.07, 6.45) is 0.815. The third-order valence-electron chi connectivity index (χ3n) is 4.42. The summed E-state index contributed by atoms with van der Waals surface area (Å²) >= 11 is 0. The van der Waals surface area contributed by atoms with E-state index in [0.717, 1.165) is 17.7 Å². The van der Waals surface area contributed by atoms with Gasteiger partial charge in [0, 0.05) is 19.2 Å². The number of sulfonamides is 1. The zero-order valence-electron chi connectivity index (χ0n) is 13.8. The summed E-state index contributed by atoms with van der Waals surface area (Å²) in [5.74, 6) is 1.55.